The number of carbonyl (C=O) groups excluding carboxylic acids is 1. The summed E-state index contributed by atoms with van der Waals surface area (Å²) in [5.74, 6) is 0.332. The van der Waals surface area contributed by atoms with Gasteiger partial charge in [-0.3, -0.25) is 9.48 Å². The monoisotopic (exact) mass is 268 g/mol. The highest BCUT2D eigenvalue weighted by Crippen LogP contribution is 2.54. The van der Waals surface area contributed by atoms with Crippen LogP contribution < -0.4 is 10.2 Å². The molecule has 1 spiro atoms. The van der Waals surface area contributed by atoms with Gasteiger partial charge in [-0.25, -0.2) is 0 Å². The van der Waals surface area contributed by atoms with Gasteiger partial charge in [0.25, 0.3) is 0 Å². The van der Waals surface area contributed by atoms with Crippen LogP contribution in [0.2, 0.25) is 0 Å². The molecule has 0 aromatic carbocycles. The van der Waals surface area contributed by atoms with Crippen LogP contribution in [0, 0.1) is 5.41 Å². The van der Waals surface area contributed by atoms with Gasteiger partial charge in [-0.1, -0.05) is 0 Å². The molecule has 2 aliphatic heterocycles. The largest absolute Gasteiger partial charge is 0.309 e. The van der Waals surface area contributed by atoms with E-state index in [1.165, 1.54) is 5.69 Å². The molecule has 0 unspecified atom stereocenters. The van der Waals surface area contributed by atoms with Crippen molar-refractivity contribution in [2.24, 2.45) is 5.41 Å². The minimum atomic E-state index is 0. The molecular weight excluding hydrogens is 252 g/mol. The van der Waals surface area contributed by atoms with Gasteiger partial charge in [0.1, 0.15) is 0 Å². The lowest BCUT2D eigenvalue weighted by Gasteiger charge is -2.20. The third-order valence-electron chi connectivity index (χ3n) is 4.38. The van der Waals surface area contributed by atoms with E-state index in [1.54, 1.807) is 0 Å². The molecule has 98 valence electrons. The fraction of sp³-hybridized carbons (Fsp3) is 0.667. The zero-order valence-electron chi connectivity index (χ0n) is 10.2. The molecule has 1 saturated carbocycles. The number of hydrogen-bond donors (Lipinski definition) is 1. The Morgan fingerprint density at radius 3 is 2.83 bits per heavy atom. The SMILES string of the molecule is Cl.O=C1N(c2cnn3c2CNCC3)CCC12CC2. The average molecular weight is 269 g/mol. The number of aromatic nitrogens is 2. The molecule has 0 bridgehead atoms. The van der Waals surface area contributed by atoms with Crippen molar-refractivity contribution in [2.75, 3.05) is 18.0 Å². The van der Waals surface area contributed by atoms with Crippen LogP contribution in [-0.4, -0.2) is 28.8 Å². The molecule has 1 saturated heterocycles. The minimum absolute atomic E-state index is 0. The predicted octanol–water partition coefficient (Wildman–Crippen LogP) is 0.925. The van der Waals surface area contributed by atoms with Crippen LogP contribution in [-0.2, 0) is 17.9 Å². The van der Waals surface area contributed by atoms with E-state index in [0.717, 1.165) is 51.1 Å². The highest BCUT2D eigenvalue weighted by molar-refractivity contribution is 6.01. The first-order valence-corrected chi connectivity index (χ1v) is 6.38. The molecule has 1 aliphatic carbocycles. The van der Waals surface area contributed by atoms with Gasteiger partial charge in [0.05, 0.1) is 29.5 Å². The van der Waals surface area contributed by atoms with Crippen molar-refractivity contribution in [2.45, 2.75) is 32.4 Å². The van der Waals surface area contributed by atoms with Crippen molar-refractivity contribution in [1.29, 1.82) is 0 Å². The second kappa shape index (κ2) is 3.96. The number of nitrogens with zero attached hydrogens (tertiary/aromatic N) is 3. The van der Waals surface area contributed by atoms with Gasteiger partial charge in [-0.05, 0) is 19.3 Å². The second-order valence-corrected chi connectivity index (χ2v) is 5.36. The topological polar surface area (TPSA) is 50.2 Å². The van der Waals surface area contributed by atoms with E-state index in [9.17, 15) is 4.79 Å². The van der Waals surface area contributed by atoms with E-state index < -0.39 is 0 Å². The smallest absolute Gasteiger partial charge is 0.233 e. The maximum atomic E-state index is 12.3. The fourth-order valence-corrected chi connectivity index (χ4v) is 3.06. The summed E-state index contributed by atoms with van der Waals surface area (Å²) in [5, 5.41) is 7.73. The van der Waals surface area contributed by atoms with Gasteiger partial charge in [0.2, 0.25) is 5.91 Å². The van der Waals surface area contributed by atoms with Crippen molar-refractivity contribution in [3.8, 4) is 0 Å². The van der Waals surface area contributed by atoms with Crippen LogP contribution >= 0.6 is 12.4 Å². The molecule has 5 nitrogen and oxygen atoms in total. The Kier molecular flexibility index (Phi) is 2.64. The summed E-state index contributed by atoms with van der Waals surface area (Å²) in [6, 6.07) is 0. The van der Waals surface area contributed by atoms with Gasteiger partial charge < -0.3 is 10.2 Å². The number of amides is 1. The number of hydrogen-bond acceptors (Lipinski definition) is 3. The summed E-state index contributed by atoms with van der Waals surface area (Å²) in [6.07, 6.45) is 5.07. The molecule has 4 rings (SSSR count). The number of rotatable bonds is 1. The highest BCUT2D eigenvalue weighted by Gasteiger charge is 2.56. The lowest BCUT2D eigenvalue weighted by molar-refractivity contribution is -0.121. The predicted molar refractivity (Wildman–Crippen MR) is 69.8 cm³/mol. The number of nitrogens with one attached hydrogen (secondary N) is 1. The normalized spacial score (nSPS) is 24.0. The fourth-order valence-electron chi connectivity index (χ4n) is 3.06. The molecule has 1 amide bonds. The van der Waals surface area contributed by atoms with Crippen molar-refractivity contribution < 1.29 is 4.79 Å². The zero-order valence-corrected chi connectivity index (χ0v) is 11.0. The molecule has 0 atom stereocenters. The summed E-state index contributed by atoms with van der Waals surface area (Å²) in [5.41, 5.74) is 2.23. The van der Waals surface area contributed by atoms with Gasteiger partial charge in [-0.2, -0.15) is 5.10 Å². The Balaban J connectivity index is 0.000001000. The van der Waals surface area contributed by atoms with Gasteiger partial charge >= 0.3 is 0 Å². The van der Waals surface area contributed by atoms with Gasteiger partial charge in [0, 0.05) is 19.6 Å². The number of halogens is 1. The van der Waals surface area contributed by atoms with Crippen LogP contribution in [0.4, 0.5) is 5.69 Å². The third kappa shape index (κ3) is 1.50. The molecule has 1 aromatic heterocycles. The highest BCUT2D eigenvalue weighted by atomic mass is 35.5. The van der Waals surface area contributed by atoms with Crippen molar-refractivity contribution in [1.82, 2.24) is 15.1 Å². The molecule has 18 heavy (non-hydrogen) atoms. The Bertz CT molecular complexity index is 494. The van der Waals surface area contributed by atoms with Crippen LogP contribution in [0.5, 0.6) is 0 Å². The molecule has 0 radical (unpaired) electrons. The van der Waals surface area contributed by atoms with Gasteiger partial charge in [0.15, 0.2) is 0 Å². The maximum Gasteiger partial charge on any atom is 0.233 e. The lowest BCUT2D eigenvalue weighted by Crippen LogP contribution is -2.32. The first-order valence-electron chi connectivity index (χ1n) is 6.38. The summed E-state index contributed by atoms with van der Waals surface area (Å²) >= 11 is 0. The number of anilines is 1. The standard InChI is InChI=1S/C12H16N4O.ClH/c17-11-12(1-2-12)3-5-15(11)9-8-14-16-6-4-13-7-10(9)16;/h8,13H,1-7H2;1H. The Morgan fingerprint density at radius 1 is 1.28 bits per heavy atom. The molecule has 1 aromatic rings. The van der Waals surface area contributed by atoms with Crippen LogP contribution in [0.25, 0.3) is 0 Å². The van der Waals surface area contributed by atoms with E-state index in [-0.39, 0.29) is 17.8 Å². The van der Waals surface area contributed by atoms with E-state index in [0.29, 0.717) is 5.91 Å². The maximum absolute atomic E-state index is 12.3. The quantitative estimate of drug-likeness (QED) is 0.824. The van der Waals surface area contributed by atoms with E-state index in [2.05, 4.69) is 10.4 Å². The average Bonchev–Trinajstić information content (AvgIpc) is 2.93. The van der Waals surface area contributed by atoms with Crippen molar-refractivity contribution >= 4 is 24.0 Å². The Labute approximate surface area is 112 Å². The van der Waals surface area contributed by atoms with Crippen LogP contribution in [0.15, 0.2) is 6.20 Å². The second-order valence-electron chi connectivity index (χ2n) is 5.36. The summed E-state index contributed by atoms with van der Waals surface area (Å²) in [7, 11) is 0. The first-order chi connectivity index (χ1) is 8.30. The van der Waals surface area contributed by atoms with E-state index >= 15 is 0 Å². The Morgan fingerprint density at radius 2 is 2.11 bits per heavy atom. The summed E-state index contributed by atoms with van der Waals surface area (Å²) in [4.78, 5) is 14.3. The number of carbonyl (C=O) groups is 1. The van der Waals surface area contributed by atoms with Crippen molar-refractivity contribution in [3.63, 3.8) is 0 Å². The lowest BCUT2D eigenvalue weighted by atomic mass is 10.1. The molecule has 6 heteroatoms. The van der Waals surface area contributed by atoms with E-state index in [1.807, 2.05) is 15.8 Å². The van der Waals surface area contributed by atoms with Gasteiger partial charge in [-0.15, -0.1) is 12.4 Å². The van der Waals surface area contributed by atoms with Crippen LogP contribution in [0.3, 0.4) is 0 Å². The first kappa shape index (κ1) is 12.0. The zero-order chi connectivity index (χ0) is 11.5. The molecular formula is C12H17ClN4O. The van der Waals surface area contributed by atoms with Crippen molar-refractivity contribution in [3.05, 3.63) is 11.9 Å². The van der Waals surface area contributed by atoms with Crippen LogP contribution in [0.1, 0.15) is 25.0 Å². The molecule has 3 heterocycles. The summed E-state index contributed by atoms with van der Waals surface area (Å²) in [6.45, 7) is 3.57. The third-order valence-corrected chi connectivity index (χ3v) is 4.38. The van der Waals surface area contributed by atoms with E-state index in [4.69, 9.17) is 0 Å². The minimum Gasteiger partial charge on any atom is -0.309 e. The molecule has 1 N–H and O–H groups in total. The molecule has 2 fully saturated rings. The Hall–Kier alpha value is -1.07. The summed E-state index contributed by atoms with van der Waals surface area (Å²) < 4.78 is 2.02. The molecule has 3 aliphatic rings. The number of fused-ring (bicyclic) bond motifs is 1.